The van der Waals surface area contributed by atoms with Crippen molar-refractivity contribution in [3.05, 3.63) is 95.4 Å². The van der Waals surface area contributed by atoms with Crippen molar-refractivity contribution in [2.24, 2.45) is 0 Å². The van der Waals surface area contributed by atoms with E-state index in [1.165, 1.54) is 0 Å². The van der Waals surface area contributed by atoms with E-state index in [1.807, 2.05) is 49.4 Å². The summed E-state index contributed by atoms with van der Waals surface area (Å²) in [6.07, 6.45) is 5.17. The number of hydrogen-bond acceptors (Lipinski definition) is 8. The highest BCUT2D eigenvalue weighted by molar-refractivity contribution is 6.06. The lowest BCUT2D eigenvalue weighted by atomic mass is 10.0. The molecule has 10 nitrogen and oxygen atoms in total. The normalized spacial score (nSPS) is 13.9. The molecule has 4 aromatic rings. The van der Waals surface area contributed by atoms with Gasteiger partial charge in [0.15, 0.2) is 0 Å². The van der Waals surface area contributed by atoms with E-state index in [0.717, 1.165) is 54.3 Å². The van der Waals surface area contributed by atoms with Crippen LogP contribution in [0, 0.1) is 6.92 Å². The van der Waals surface area contributed by atoms with Crippen molar-refractivity contribution in [3.8, 4) is 11.3 Å². The molecule has 42 heavy (non-hydrogen) atoms. The molecule has 1 aliphatic heterocycles. The lowest BCUT2D eigenvalue weighted by molar-refractivity contribution is 0.0824. The Bertz CT molecular complexity index is 1570. The van der Waals surface area contributed by atoms with Crippen molar-refractivity contribution >= 4 is 29.1 Å². The molecular formula is C32H36N8O2. The number of aryl methyl sites for hydroxylation is 1. The number of hydrogen-bond donors (Lipinski definition) is 2. The second-order valence-electron chi connectivity index (χ2n) is 10.8. The third kappa shape index (κ3) is 6.96. The van der Waals surface area contributed by atoms with Crippen LogP contribution in [0.1, 0.15) is 31.8 Å². The molecular weight excluding hydrogens is 528 g/mol. The van der Waals surface area contributed by atoms with Crippen LogP contribution < -0.4 is 10.6 Å². The summed E-state index contributed by atoms with van der Waals surface area (Å²) in [7, 11) is 5.57. The first-order valence-corrected chi connectivity index (χ1v) is 13.9. The zero-order chi connectivity index (χ0) is 29.6. The molecule has 1 fully saturated rings. The van der Waals surface area contributed by atoms with Gasteiger partial charge in [-0.2, -0.15) is 0 Å². The molecule has 1 aliphatic rings. The third-order valence-electron chi connectivity index (χ3n) is 7.35. The van der Waals surface area contributed by atoms with Crippen molar-refractivity contribution in [3.63, 3.8) is 0 Å². The van der Waals surface area contributed by atoms with Gasteiger partial charge in [-0.1, -0.05) is 12.1 Å². The summed E-state index contributed by atoms with van der Waals surface area (Å²) in [6, 6.07) is 16.6. The Morgan fingerprint density at radius 3 is 2.52 bits per heavy atom. The molecule has 2 aromatic heterocycles. The first-order chi connectivity index (χ1) is 20.3. The second-order valence-corrected chi connectivity index (χ2v) is 10.8. The van der Waals surface area contributed by atoms with Crippen LogP contribution in [-0.4, -0.2) is 88.8 Å². The number of benzene rings is 2. The number of rotatable bonds is 8. The van der Waals surface area contributed by atoms with Gasteiger partial charge >= 0.3 is 0 Å². The van der Waals surface area contributed by atoms with Gasteiger partial charge in [0.2, 0.25) is 5.95 Å². The number of aromatic nitrogens is 3. The Balaban J connectivity index is 1.33. The lowest BCUT2D eigenvalue weighted by Crippen LogP contribution is -2.44. The number of likely N-dealkylation sites (N-methyl/N-ethyl adjacent to an activating group) is 1. The van der Waals surface area contributed by atoms with Crippen molar-refractivity contribution in [2.45, 2.75) is 13.5 Å². The number of carbonyl (C=O) groups is 2. The molecule has 0 atom stereocenters. The predicted molar refractivity (Wildman–Crippen MR) is 165 cm³/mol. The smallest absolute Gasteiger partial charge is 0.255 e. The van der Waals surface area contributed by atoms with Gasteiger partial charge in [0.05, 0.1) is 5.69 Å². The topological polar surface area (TPSA) is 107 Å². The molecule has 5 rings (SSSR count). The highest BCUT2D eigenvalue weighted by Gasteiger charge is 2.21. The Morgan fingerprint density at radius 1 is 0.976 bits per heavy atom. The summed E-state index contributed by atoms with van der Waals surface area (Å²) in [6.45, 7) is 6.51. The number of amides is 2. The number of anilines is 3. The fraction of sp³-hybridized carbons (Fsp3) is 0.281. The minimum absolute atomic E-state index is 0.121. The SMILES string of the molecule is Cc1ccc(NC(=O)c2ccc(CN3CCN(C)CC3)c(C(=O)N(C)C)c2)cc1Nc1nccc(-c2cccnc2)n1. The van der Waals surface area contributed by atoms with Crippen molar-refractivity contribution in [1.29, 1.82) is 0 Å². The average Bonchev–Trinajstić information content (AvgIpc) is 3.00. The average molecular weight is 565 g/mol. The molecule has 0 bridgehead atoms. The highest BCUT2D eigenvalue weighted by atomic mass is 16.2. The van der Waals surface area contributed by atoms with Crippen LogP contribution >= 0.6 is 0 Å². The van der Waals surface area contributed by atoms with E-state index in [1.54, 1.807) is 49.7 Å². The van der Waals surface area contributed by atoms with E-state index in [0.29, 0.717) is 29.3 Å². The number of nitrogens with zero attached hydrogens (tertiary/aromatic N) is 6. The molecule has 0 spiro atoms. The Morgan fingerprint density at radius 2 is 1.79 bits per heavy atom. The maximum absolute atomic E-state index is 13.3. The highest BCUT2D eigenvalue weighted by Crippen LogP contribution is 2.25. The first-order valence-electron chi connectivity index (χ1n) is 13.9. The lowest BCUT2D eigenvalue weighted by Gasteiger charge is -2.32. The maximum atomic E-state index is 13.3. The van der Waals surface area contributed by atoms with Gasteiger partial charge in [-0.25, -0.2) is 9.97 Å². The van der Waals surface area contributed by atoms with Crippen LogP contribution in [0.3, 0.4) is 0 Å². The Hall–Kier alpha value is -4.67. The Kier molecular flexibility index (Phi) is 8.85. The molecule has 0 unspecified atom stereocenters. The van der Waals surface area contributed by atoms with Crippen molar-refractivity contribution in [2.75, 3.05) is 58.0 Å². The first kappa shape index (κ1) is 28.8. The minimum atomic E-state index is -0.293. The zero-order valence-electron chi connectivity index (χ0n) is 24.5. The molecule has 2 aromatic carbocycles. The van der Waals surface area contributed by atoms with Crippen LogP contribution in [0.15, 0.2) is 73.2 Å². The van der Waals surface area contributed by atoms with Gasteiger partial charge < -0.3 is 20.4 Å². The zero-order valence-corrected chi connectivity index (χ0v) is 24.5. The molecule has 1 saturated heterocycles. The summed E-state index contributed by atoms with van der Waals surface area (Å²) in [5.41, 5.74) is 5.87. The molecule has 3 heterocycles. The van der Waals surface area contributed by atoms with E-state index in [-0.39, 0.29) is 11.8 Å². The van der Waals surface area contributed by atoms with Crippen molar-refractivity contribution < 1.29 is 9.59 Å². The second kappa shape index (κ2) is 12.9. The van der Waals surface area contributed by atoms with Crippen molar-refractivity contribution in [1.82, 2.24) is 29.7 Å². The third-order valence-corrected chi connectivity index (χ3v) is 7.35. The number of nitrogens with one attached hydrogen (secondary N) is 2. The number of piperazine rings is 1. The van der Waals surface area contributed by atoms with Gasteiger partial charge in [-0.05, 0) is 67.6 Å². The molecule has 0 saturated carbocycles. The number of carbonyl (C=O) groups excluding carboxylic acids is 2. The fourth-order valence-electron chi connectivity index (χ4n) is 4.79. The summed E-state index contributed by atoms with van der Waals surface area (Å²) in [4.78, 5) is 45.8. The molecule has 2 N–H and O–H groups in total. The van der Waals surface area contributed by atoms with Gasteiger partial charge in [-0.15, -0.1) is 0 Å². The fourth-order valence-corrected chi connectivity index (χ4v) is 4.79. The van der Waals surface area contributed by atoms with Crippen LogP contribution in [0.5, 0.6) is 0 Å². The molecule has 2 amide bonds. The standard InChI is InChI=1S/C32H36N8O2/c1-22-7-10-26(19-29(22)37-32-34-13-11-28(36-32)24-6-5-12-33-20-24)35-30(41)23-8-9-25(27(18-23)31(42)38(2)3)21-40-16-14-39(4)15-17-40/h5-13,18-20H,14-17,21H2,1-4H3,(H,35,41)(H,34,36,37). The van der Waals surface area contributed by atoms with Gasteiger partial charge in [-0.3, -0.25) is 19.5 Å². The van der Waals surface area contributed by atoms with E-state index in [4.69, 9.17) is 0 Å². The maximum Gasteiger partial charge on any atom is 0.255 e. The van der Waals surface area contributed by atoms with E-state index >= 15 is 0 Å². The van der Waals surface area contributed by atoms with Gasteiger partial charge in [0.25, 0.3) is 11.8 Å². The van der Waals surface area contributed by atoms with Crippen LogP contribution in [0.4, 0.5) is 17.3 Å². The van der Waals surface area contributed by atoms with E-state index < -0.39 is 0 Å². The largest absolute Gasteiger partial charge is 0.345 e. The molecule has 0 aliphatic carbocycles. The molecule has 10 heteroatoms. The minimum Gasteiger partial charge on any atom is -0.345 e. The van der Waals surface area contributed by atoms with E-state index in [2.05, 4.69) is 42.4 Å². The summed E-state index contributed by atoms with van der Waals surface area (Å²) in [5.74, 6) is 0.0217. The predicted octanol–water partition coefficient (Wildman–Crippen LogP) is 4.29. The summed E-state index contributed by atoms with van der Waals surface area (Å²) >= 11 is 0. The number of pyridine rings is 1. The molecule has 216 valence electrons. The van der Waals surface area contributed by atoms with Gasteiger partial charge in [0, 0.05) is 93.5 Å². The van der Waals surface area contributed by atoms with Crippen LogP contribution in [0.25, 0.3) is 11.3 Å². The Labute approximate surface area is 246 Å². The quantitative estimate of drug-likeness (QED) is 0.327. The van der Waals surface area contributed by atoms with Crippen LogP contribution in [-0.2, 0) is 6.54 Å². The van der Waals surface area contributed by atoms with Crippen LogP contribution in [0.2, 0.25) is 0 Å². The van der Waals surface area contributed by atoms with Gasteiger partial charge in [0.1, 0.15) is 0 Å². The monoisotopic (exact) mass is 564 g/mol. The summed E-state index contributed by atoms with van der Waals surface area (Å²) < 4.78 is 0. The summed E-state index contributed by atoms with van der Waals surface area (Å²) in [5, 5.41) is 6.25. The molecule has 0 radical (unpaired) electrons. The van der Waals surface area contributed by atoms with E-state index in [9.17, 15) is 9.59 Å².